The Bertz CT molecular complexity index is 1780. The van der Waals surface area contributed by atoms with Gasteiger partial charge in [0, 0.05) is 24.3 Å². The number of aromatic nitrogens is 6. The molecule has 7 heterocycles. The van der Waals surface area contributed by atoms with Crippen LogP contribution in [0.3, 0.4) is 0 Å². The van der Waals surface area contributed by atoms with E-state index < -0.39 is 0 Å². The minimum Gasteiger partial charge on any atom is -0.243 e. The summed E-state index contributed by atoms with van der Waals surface area (Å²) in [7, 11) is 0. The zero-order valence-corrected chi connectivity index (χ0v) is 18.4. The molecule has 158 valence electrons. The third kappa shape index (κ3) is 1.91. The zero-order chi connectivity index (χ0) is 22.0. The van der Waals surface area contributed by atoms with E-state index in [1.165, 1.54) is 43.6 Å². The molecule has 0 amide bonds. The van der Waals surface area contributed by atoms with Crippen molar-refractivity contribution in [3.8, 4) is 0 Å². The lowest BCUT2D eigenvalue weighted by atomic mass is 10.0. The van der Waals surface area contributed by atoms with Gasteiger partial charge in [-0.2, -0.15) is 18.3 Å². The normalized spacial score (nSPS) is 14.6. The van der Waals surface area contributed by atoms with Gasteiger partial charge in [0.1, 0.15) is 22.1 Å². The van der Waals surface area contributed by atoms with Crippen molar-refractivity contribution in [2.75, 3.05) is 0 Å². The van der Waals surface area contributed by atoms with Crippen molar-refractivity contribution in [2.24, 2.45) is 0 Å². The number of fused-ring (bicyclic) bond motifs is 6. The Kier molecular flexibility index (Phi) is 2.92. The molecule has 0 bridgehead atoms. The van der Waals surface area contributed by atoms with E-state index in [0.29, 0.717) is 0 Å². The topological polar surface area (TPSA) is 41.3 Å². The Hall–Kier alpha value is -4.32. The van der Waals surface area contributed by atoms with Crippen LogP contribution in [0.1, 0.15) is 0 Å². The van der Waals surface area contributed by atoms with Crippen LogP contribution >= 0.6 is 0 Å². The summed E-state index contributed by atoms with van der Waals surface area (Å²) >= 11 is 0. The lowest BCUT2D eigenvalue weighted by molar-refractivity contribution is -0.771. The molecule has 0 saturated carbocycles. The van der Waals surface area contributed by atoms with E-state index in [9.17, 15) is 0 Å². The van der Waals surface area contributed by atoms with Crippen LogP contribution in [0.15, 0.2) is 73.3 Å². The first kappa shape index (κ1) is 17.2. The second kappa shape index (κ2) is 5.78. The molecule has 0 aliphatic carbocycles. The molecule has 2 aliphatic rings. The second-order valence-electron chi connectivity index (χ2n) is 9.47. The van der Waals surface area contributed by atoms with E-state index in [2.05, 4.69) is 91.6 Å². The highest BCUT2D eigenvalue weighted by Gasteiger charge is 2.33. The molecule has 34 heavy (non-hydrogen) atoms. The third-order valence-corrected chi connectivity index (χ3v) is 7.81. The predicted molar refractivity (Wildman–Crippen MR) is 128 cm³/mol. The monoisotopic (exact) mass is 440 g/mol. The minimum absolute atomic E-state index is 0.966. The predicted octanol–water partition coefficient (Wildman–Crippen LogP) is 2.57. The molecule has 0 saturated heterocycles. The molecule has 0 spiro atoms. The number of nitrogens with zero attached hydrogens (tertiary/aromatic N) is 6. The first-order valence-electron chi connectivity index (χ1n) is 11.9. The minimum atomic E-state index is 0.966. The fourth-order valence-electron chi connectivity index (χ4n) is 6.39. The van der Waals surface area contributed by atoms with Gasteiger partial charge in [0.15, 0.2) is 24.8 Å². The van der Waals surface area contributed by atoms with Crippen LogP contribution in [-0.4, -0.2) is 9.97 Å². The highest BCUT2D eigenvalue weighted by Crippen LogP contribution is 2.36. The van der Waals surface area contributed by atoms with E-state index in [-0.39, 0.29) is 0 Å². The van der Waals surface area contributed by atoms with Crippen molar-refractivity contribution < 1.29 is 18.3 Å². The van der Waals surface area contributed by atoms with E-state index in [0.717, 1.165) is 48.2 Å². The van der Waals surface area contributed by atoms with Gasteiger partial charge in [0.05, 0.1) is 21.5 Å². The van der Waals surface area contributed by atoms with Crippen molar-refractivity contribution in [1.29, 1.82) is 0 Å². The molecule has 2 aliphatic heterocycles. The summed E-state index contributed by atoms with van der Waals surface area (Å²) in [5.41, 5.74) is 8.96. The number of pyridine rings is 4. The van der Waals surface area contributed by atoms with Crippen LogP contribution in [0.2, 0.25) is 0 Å². The number of hydrogen-bond acceptors (Lipinski definition) is 2. The van der Waals surface area contributed by atoms with E-state index in [4.69, 9.17) is 9.97 Å². The van der Waals surface area contributed by atoms with Gasteiger partial charge in [-0.25, -0.2) is 9.97 Å². The number of aryl methyl sites for hydroxylation is 4. The first-order valence-corrected chi connectivity index (χ1v) is 11.9. The number of rotatable bonds is 0. The second-order valence-corrected chi connectivity index (χ2v) is 9.47. The van der Waals surface area contributed by atoms with Crippen molar-refractivity contribution in [2.45, 2.75) is 26.2 Å². The van der Waals surface area contributed by atoms with Crippen LogP contribution in [0.5, 0.6) is 0 Å². The van der Waals surface area contributed by atoms with Gasteiger partial charge in [-0.1, -0.05) is 0 Å². The van der Waals surface area contributed by atoms with Gasteiger partial charge in [-0.3, -0.25) is 0 Å². The highest BCUT2D eigenvalue weighted by molar-refractivity contribution is 6.24. The van der Waals surface area contributed by atoms with Gasteiger partial charge in [0.25, 0.3) is 22.1 Å². The molecule has 5 aromatic heterocycles. The Morgan fingerprint density at radius 3 is 0.941 bits per heavy atom. The summed E-state index contributed by atoms with van der Waals surface area (Å²) in [4.78, 5) is 10.8. The van der Waals surface area contributed by atoms with Crippen molar-refractivity contribution in [3.63, 3.8) is 0 Å². The molecular formula is C28H20N6+4. The van der Waals surface area contributed by atoms with Crippen LogP contribution in [0.4, 0.5) is 0 Å². The maximum Gasteiger partial charge on any atom is 0.287 e. The zero-order valence-electron chi connectivity index (χ0n) is 18.4. The molecule has 0 fully saturated rings. The van der Waals surface area contributed by atoms with Crippen molar-refractivity contribution in [3.05, 3.63) is 73.3 Å². The summed E-state index contributed by atoms with van der Waals surface area (Å²) in [6.07, 6.45) is 8.76. The maximum absolute atomic E-state index is 5.42. The first-order chi connectivity index (χ1) is 16.9. The Labute approximate surface area is 193 Å². The quantitative estimate of drug-likeness (QED) is 0.207. The fraction of sp³-hybridized carbons (Fsp3) is 0.143. The molecule has 0 radical (unpaired) electrons. The van der Waals surface area contributed by atoms with E-state index in [1.54, 1.807) is 0 Å². The van der Waals surface area contributed by atoms with Crippen LogP contribution in [-0.2, 0) is 26.2 Å². The van der Waals surface area contributed by atoms with Gasteiger partial charge >= 0.3 is 0 Å². The van der Waals surface area contributed by atoms with Gasteiger partial charge in [-0.05, 0) is 24.3 Å². The SMILES string of the molecule is c1cc2c3nc4c5ccc[n+]6c5c5c(ccc[n+]5CC6)c4nc3c3ccc[n+]4c3c2[n+](c1)CC4. The molecule has 0 N–H and O–H groups in total. The van der Waals surface area contributed by atoms with E-state index >= 15 is 0 Å². The van der Waals surface area contributed by atoms with Gasteiger partial charge in [-0.15, -0.1) is 0 Å². The molecular weight excluding hydrogens is 420 g/mol. The van der Waals surface area contributed by atoms with E-state index in [1.807, 2.05) is 0 Å². The summed E-state index contributed by atoms with van der Waals surface area (Å²) in [5.74, 6) is 0. The summed E-state index contributed by atoms with van der Waals surface area (Å²) in [6, 6.07) is 17.4. The smallest absolute Gasteiger partial charge is 0.243 e. The molecule has 6 heteroatoms. The summed E-state index contributed by atoms with van der Waals surface area (Å²) < 4.78 is 9.49. The van der Waals surface area contributed by atoms with Crippen molar-refractivity contribution >= 4 is 65.7 Å². The molecule has 7 aromatic rings. The fourth-order valence-corrected chi connectivity index (χ4v) is 6.39. The Morgan fingerprint density at radius 2 is 0.676 bits per heavy atom. The van der Waals surface area contributed by atoms with Crippen LogP contribution < -0.4 is 18.3 Å². The molecule has 9 rings (SSSR count). The van der Waals surface area contributed by atoms with Crippen LogP contribution in [0, 0.1) is 0 Å². The molecule has 0 atom stereocenters. The molecule has 0 unspecified atom stereocenters. The largest absolute Gasteiger partial charge is 0.287 e. The van der Waals surface area contributed by atoms with Crippen LogP contribution in [0.25, 0.3) is 65.7 Å². The highest BCUT2D eigenvalue weighted by atomic mass is 15.1. The maximum atomic E-state index is 5.42. The average molecular weight is 441 g/mol. The van der Waals surface area contributed by atoms with Gasteiger partial charge in [0.2, 0.25) is 26.2 Å². The van der Waals surface area contributed by atoms with Crippen molar-refractivity contribution in [1.82, 2.24) is 9.97 Å². The Morgan fingerprint density at radius 1 is 0.412 bits per heavy atom. The summed E-state index contributed by atoms with van der Waals surface area (Å²) in [5, 5.41) is 4.69. The average Bonchev–Trinajstić information content (AvgIpc) is 2.90. The standard InChI is InChI=1S/C28H20N6/c1-5-17-21-22(18-6-2-10-32-14-13-31(9-1)25(17)26(18)32)30-24-20-8-4-12-34-16-15-33-11-3-7-19(23(24)29-21)27(33)28(20)34/h1-12H,13-16H2/q+4. The Balaban J connectivity index is 1.63. The molecule has 6 nitrogen and oxygen atoms in total. The third-order valence-electron chi connectivity index (χ3n) is 7.81. The van der Waals surface area contributed by atoms with Gasteiger partial charge < -0.3 is 0 Å². The number of benzene rings is 2. The number of hydrogen-bond donors (Lipinski definition) is 0. The molecule has 2 aromatic carbocycles. The summed E-state index contributed by atoms with van der Waals surface area (Å²) in [6.45, 7) is 3.87. The lowest BCUT2D eigenvalue weighted by Gasteiger charge is -2.14. The lowest BCUT2D eigenvalue weighted by Crippen LogP contribution is -2.50.